The number of nitrogens with zero attached hydrogens (tertiary/aromatic N) is 1. The Morgan fingerprint density at radius 2 is 1.77 bits per heavy atom. The first kappa shape index (κ1) is 21.4. The van der Waals surface area contributed by atoms with Gasteiger partial charge >= 0.3 is 0 Å². The van der Waals surface area contributed by atoms with Crippen LogP contribution in [-0.4, -0.2) is 43.4 Å². The Morgan fingerprint density at radius 1 is 1.03 bits per heavy atom. The van der Waals surface area contributed by atoms with E-state index >= 15 is 0 Å². The zero-order valence-electron chi connectivity index (χ0n) is 17.7. The molecular formula is C25H27NO4S. The van der Waals surface area contributed by atoms with Gasteiger partial charge in [-0.3, -0.25) is 4.79 Å². The van der Waals surface area contributed by atoms with Crippen molar-refractivity contribution in [2.24, 2.45) is 0 Å². The molecule has 3 aromatic rings. The van der Waals surface area contributed by atoms with Crippen LogP contribution in [0.5, 0.6) is 5.75 Å². The maximum absolute atomic E-state index is 13.5. The van der Waals surface area contributed by atoms with Crippen LogP contribution in [0.2, 0.25) is 0 Å². The van der Waals surface area contributed by atoms with Gasteiger partial charge in [0.05, 0.1) is 18.1 Å². The van der Waals surface area contributed by atoms with Crippen molar-refractivity contribution < 1.29 is 17.9 Å². The first-order chi connectivity index (χ1) is 15.0. The molecule has 1 atom stereocenters. The van der Waals surface area contributed by atoms with E-state index in [0.717, 1.165) is 28.5 Å². The molecule has 0 bridgehead atoms. The third-order valence-electron chi connectivity index (χ3n) is 5.70. The number of hydrogen-bond acceptors (Lipinski definition) is 4. The molecule has 4 rings (SSSR count). The number of benzene rings is 3. The summed E-state index contributed by atoms with van der Waals surface area (Å²) in [4.78, 5) is 15.2. The second-order valence-corrected chi connectivity index (χ2v) is 10.2. The number of carbonyl (C=O) groups is 1. The second kappa shape index (κ2) is 9.10. The minimum absolute atomic E-state index is 0.0151. The molecule has 0 radical (unpaired) electrons. The standard InChI is InChI=1S/C25H27NO4S/c1-2-15-30-23-12-10-20(11-13-23)25(27)26(22-14-16-31(28,29)18-22)17-21-8-5-7-19-6-3-4-9-24(19)21/h3-13,22H,2,14-18H2,1H3/t22-/m1/s1. The maximum Gasteiger partial charge on any atom is 0.254 e. The summed E-state index contributed by atoms with van der Waals surface area (Å²) in [7, 11) is -3.12. The first-order valence-corrected chi connectivity index (χ1v) is 12.5. The van der Waals surface area contributed by atoms with Crippen LogP contribution in [0.25, 0.3) is 10.8 Å². The average molecular weight is 438 g/mol. The highest BCUT2D eigenvalue weighted by atomic mass is 32.2. The molecule has 1 amide bonds. The third kappa shape index (κ3) is 4.90. The summed E-state index contributed by atoms with van der Waals surface area (Å²) in [6.45, 7) is 3.04. The Balaban J connectivity index is 1.65. The predicted molar refractivity (Wildman–Crippen MR) is 123 cm³/mol. The van der Waals surface area contributed by atoms with Gasteiger partial charge in [0.2, 0.25) is 0 Å². The SMILES string of the molecule is CCCOc1ccc(C(=O)N(Cc2cccc3ccccc23)[C@@H]2CCS(=O)(=O)C2)cc1. The Hall–Kier alpha value is -2.86. The molecule has 3 aromatic carbocycles. The highest BCUT2D eigenvalue weighted by Crippen LogP contribution is 2.26. The van der Waals surface area contributed by atoms with Gasteiger partial charge in [-0.1, -0.05) is 49.4 Å². The lowest BCUT2D eigenvalue weighted by atomic mass is 10.0. The van der Waals surface area contributed by atoms with E-state index < -0.39 is 9.84 Å². The summed E-state index contributed by atoms with van der Waals surface area (Å²) in [5.74, 6) is 0.710. The minimum Gasteiger partial charge on any atom is -0.494 e. The van der Waals surface area contributed by atoms with Gasteiger partial charge < -0.3 is 9.64 Å². The number of hydrogen-bond donors (Lipinski definition) is 0. The molecule has 162 valence electrons. The van der Waals surface area contributed by atoms with Crippen LogP contribution < -0.4 is 4.74 Å². The van der Waals surface area contributed by atoms with E-state index in [1.807, 2.05) is 49.4 Å². The molecule has 0 unspecified atom stereocenters. The summed E-state index contributed by atoms with van der Waals surface area (Å²) < 4.78 is 29.9. The molecule has 0 saturated carbocycles. The third-order valence-corrected chi connectivity index (χ3v) is 7.46. The second-order valence-electron chi connectivity index (χ2n) is 8.00. The van der Waals surface area contributed by atoms with Crippen LogP contribution in [0.4, 0.5) is 0 Å². The Kier molecular flexibility index (Phi) is 6.28. The number of sulfone groups is 1. The fraction of sp³-hybridized carbons (Fsp3) is 0.320. The molecule has 0 N–H and O–H groups in total. The van der Waals surface area contributed by atoms with Crippen LogP contribution in [0.1, 0.15) is 35.7 Å². The van der Waals surface area contributed by atoms with Crippen LogP contribution >= 0.6 is 0 Å². The molecule has 6 heteroatoms. The van der Waals surface area contributed by atoms with Gasteiger partial charge in [0.1, 0.15) is 5.75 Å². The predicted octanol–water partition coefficient (Wildman–Crippen LogP) is 4.46. The number of amides is 1. The molecule has 1 saturated heterocycles. The highest BCUT2D eigenvalue weighted by molar-refractivity contribution is 7.91. The molecule has 0 aliphatic carbocycles. The number of rotatable bonds is 7. The quantitative estimate of drug-likeness (QED) is 0.548. The molecule has 1 fully saturated rings. The summed E-state index contributed by atoms with van der Waals surface area (Å²) in [5.41, 5.74) is 1.55. The van der Waals surface area contributed by atoms with Gasteiger partial charge in [0.25, 0.3) is 5.91 Å². The fourth-order valence-corrected chi connectivity index (χ4v) is 5.81. The van der Waals surface area contributed by atoms with Crippen molar-refractivity contribution in [1.82, 2.24) is 4.90 Å². The van der Waals surface area contributed by atoms with Gasteiger partial charge in [-0.05, 0) is 53.4 Å². The van der Waals surface area contributed by atoms with E-state index in [4.69, 9.17) is 4.74 Å². The summed E-state index contributed by atoms with van der Waals surface area (Å²) in [6, 6.07) is 20.9. The zero-order chi connectivity index (χ0) is 21.8. The van der Waals surface area contributed by atoms with Gasteiger partial charge in [-0.15, -0.1) is 0 Å². The van der Waals surface area contributed by atoms with Gasteiger partial charge in [0.15, 0.2) is 9.84 Å². The van der Waals surface area contributed by atoms with E-state index in [1.54, 1.807) is 29.2 Å². The number of fused-ring (bicyclic) bond motifs is 1. The van der Waals surface area contributed by atoms with Gasteiger partial charge in [-0.2, -0.15) is 0 Å². The maximum atomic E-state index is 13.5. The van der Waals surface area contributed by atoms with E-state index in [-0.39, 0.29) is 23.5 Å². The van der Waals surface area contributed by atoms with Crippen molar-refractivity contribution in [3.05, 3.63) is 77.9 Å². The van der Waals surface area contributed by atoms with Crippen LogP contribution in [0.3, 0.4) is 0 Å². The molecule has 31 heavy (non-hydrogen) atoms. The minimum atomic E-state index is -3.12. The van der Waals surface area contributed by atoms with Crippen molar-refractivity contribution in [3.63, 3.8) is 0 Å². The molecule has 0 aromatic heterocycles. The molecular weight excluding hydrogens is 410 g/mol. The monoisotopic (exact) mass is 437 g/mol. The van der Waals surface area contributed by atoms with Gasteiger partial charge in [-0.25, -0.2) is 8.42 Å². The number of carbonyl (C=O) groups excluding carboxylic acids is 1. The van der Waals surface area contributed by atoms with Crippen LogP contribution in [0.15, 0.2) is 66.7 Å². The molecule has 1 aliphatic heterocycles. The van der Waals surface area contributed by atoms with Crippen molar-refractivity contribution in [2.75, 3.05) is 18.1 Å². The lowest BCUT2D eigenvalue weighted by molar-refractivity contribution is 0.0682. The van der Waals surface area contributed by atoms with Crippen molar-refractivity contribution in [2.45, 2.75) is 32.4 Å². The summed E-state index contributed by atoms with van der Waals surface area (Å²) in [6.07, 6.45) is 1.38. The van der Waals surface area contributed by atoms with Gasteiger partial charge in [0, 0.05) is 18.2 Å². The zero-order valence-corrected chi connectivity index (χ0v) is 18.5. The van der Waals surface area contributed by atoms with E-state index in [2.05, 4.69) is 0 Å². The van der Waals surface area contributed by atoms with Crippen molar-refractivity contribution in [1.29, 1.82) is 0 Å². The van der Waals surface area contributed by atoms with Crippen LogP contribution in [0, 0.1) is 0 Å². The lowest BCUT2D eigenvalue weighted by Gasteiger charge is -2.29. The number of ether oxygens (including phenoxy) is 1. The average Bonchev–Trinajstić information content (AvgIpc) is 3.15. The first-order valence-electron chi connectivity index (χ1n) is 10.7. The smallest absolute Gasteiger partial charge is 0.254 e. The van der Waals surface area contributed by atoms with Crippen LogP contribution in [-0.2, 0) is 16.4 Å². The van der Waals surface area contributed by atoms with Crippen molar-refractivity contribution in [3.8, 4) is 5.75 Å². The lowest BCUT2D eigenvalue weighted by Crippen LogP contribution is -2.40. The molecule has 5 nitrogen and oxygen atoms in total. The normalized spacial score (nSPS) is 17.5. The Bertz CT molecular complexity index is 1170. The largest absolute Gasteiger partial charge is 0.494 e. The Labute approximate surface area is 183 Å². The van der Waals surface area contributed by atoms with E-state index in [0.29, 0.717) is 25.1 Å². The van der Waals surface area contributed by atoms with E-state index in [1.165, 1.54) is 0 Å². The van der Waals surface area contributed by atoms with Crippen molar-refractivity contribution >= 4 is 26.5 Å². The molecule has 1 aliphatic rings. The molecule has 1 heterocycles. The molecule has 0 spiro atoms. The van der Waals surface area contributed by atoms with E-state index in [9.17, 15) is 13.2 Å². The topological polar surface area (TPSA) is 63.7 Å². The fourth-order valence-electron chi connectivity index (χ4n) is 4.08. The summed E-state index contributed by atoms with van der Waals surface area (Å²) >= 11 is 0. The highest BCUT2D eigenvalue weighted by Gasteiger charge is 2.35. The summed E-state index contributed by atoms with van der Waals surface area (Å²) in [5, 5.41) is 2.18. The Morgan fingerprint density at radius 3 is 2.48 bits per heavy atom.